The summed E-state index contributed by atoms with van der Waals surface area (Å²) in [7, 11) is 6.33. The van der Waals surface area contributed by atoms with Crippen LogP contribution in [-0.2, 0) is 20.0 Å². The van der Waals surface area contributed by atoms with Crippen LogP contribution in [0, 0.1) is 0 Å². The zero-order chi connectivity index (χ0) is 15.4. The van der Waals surface area contributed by atoms with Crippen LogP contribution >= 0.6 is 15.9 Å². The number of hydrogen-bond acceptors (Lipinski definition) is 4. The molecule has 6 heteroatoms. The van der Waals surface area contributed by atoms with Crippen LogP contribution in [0.1, 0.15) is 18.3 Å². The fraction of sp³-hybridized carbons (Fsp3) is 0.800. The van der Waals surface area contributed by atoms with Crippen LogP contribution in [0.25, 0.3) is 0 Å². The van der Waals surface area contributed by atoms with Crippen molar-refractivity contribution in [2.24, 2.45) is 7.05 Å². The molecule has 0 amide bonds. The highest BCUT2D eigenvalue weighted by Crippen LogP contribution is 2.23. The topological polar surface area (TPSA) is 27.5 Å². The number of aromatic nitrogens is 2. The van der Waals surface area contributed by atoms with Crippen LogP contribution in [0.2, 0.25) is 0 Å². The zero-order valence-electron chi connectivity index (χ0n) is 13.8. The van der Waals surface area contributed by atoms with Crippen molar-refractivity contribution in [1.82, 2.24) is 24.5 Å². The first-order chi connectivity index (χ1) is 10.0. The summed E-state index contributed by atoms with van der Waals surface area (Å²) in [5, 5.41) is 4.59. The number of hydrogen-bond donors (Lipinski definition) is 0. The normalized spacial score (nSPS) is 17.8. The summed E-state index contributed by atoms with van der Waals surface area (Å²) >= 11 is 3.72. The highest BCUT2D eigenvalue weighted by atomic mass is 79.9. The molecular formula is C15H28BrN5. The third-order valence-corrected chi connectivity index (χ3v) is 5.12. The molecule has 21 heavy (non-hydrogen) atoms. The Morgan fingerprint density at radius 2 is 1.76 bits per heavy atom. The predicted octanol–water partition coefficient (Wildman–Crippen LogP) is 1.42. The van der Waals surface area contributed by atoms with Gasteiger partial charge in [-0.25, -0.2) is 0 Å². The van der Waals surface area contributed by atoms with Crippen LogP contribution in [-0.4, -0.2) is 77.8 Å². The molecule has 0 aromatic carbocycles. The molecule has 120 valence electrons. The van der Waals surface area contributed by atoms with Gasteiger partial charge in [0.25, 0.3) is 0 Å². The Balaban J connectivity index is 1.85. The zero-order valence-corrected chi connectivity index (χ0v) is 15.4. The molecule has 0 N–H and O–H groups in total. The Hall–Kier alpha value is -0.430. The van der Waals surface area contributed by atoms with E-state index in [9.17, 15) is 0 Å². The predicted molar refractivity (Wildman–Crippen MR) is 90.6 cm³/mol. The monoisotopic (exact) mass is 357 g/mol. The molecule has 2 heterocycles. The van der Waals surface area contributed by atoms with E-state index in [1.54, 1.807) is 0 Å². The Morgan fingerprint density at radius 3 is 2.29 bits per heavy atom. The van der Waals surface area contributed by atoms with E-state index in [2.05, 4.69) is 56.7 Å². The molecule has 0 saturated carbocycles. The fourth-order valence-electron chi connectivity index (χ4n) is 2.72. The van der Waals surface area contributed by atoms with E-state index < -0.39 is 0 Å². The number of aryl methyl sites for hydroxylation is 2. The molecule has 0 aliphatic carbocycles. The molecule has 2 rings (SSSR count). The fourth-order valence-corrected chi connectivity index (χ4v) is 3.46. The van der Waals surface area contributed by atoms with Gasteiger partial charge in [0.15, 0.2) is 0 Å². The van der Waals surface area contributed by atoms with Crippen LogP contribution in [0.4, 0.5) is 0 Å². The number of halogens is 1. The molecule has 1 saturated heterocycles. The lowest BCUT2D eigenvalue weighted by Crippen LogP contribution is -2.47. The molecule has 0 unspecified atom stereocenters. The van der Waals surface area contributed by atoms with E-state index in [4.69, 9.17) is 0 Å². The first kappa shape index (κ1) is 16.9. The minimum Gasteiger partial charge on any atom is -0.308 e. The largest absolute Gasteiger partial charge is 0.308 e. The second-order valence-electron chi connectivity index (χ2n) is 6.11. The van der Waals surface area contributed by atoms with E-state index in [-0.39, 0.29) is 0 Å². The van der Waals surface area contributed by atoms with Crippen molar-refractivity contribution >= 4 is 15.9 Å². The van der Waals surface area contributed by atoms with Gasteiger partial charge in [0.1, 0.15) is 0 Å². The van der Waals surface area contributed by atoms with Gasteiger partial charge in [-0.3, -0.25) is 14.5 Å². The standard InChI is InChI=1S/C15H28BrN5/c1-5-13-15(16)14(19(4)17-13)12-21-10-8-20(9-11-21)7-6-18(2)3/h5-12H2,1-4H3. The van der Waals surface area contributed by atoms with Gasteiger partial charge in [-0.05, 0) is 36.4 Å². The smallest absolute Gasteiger partial charge is 0.0767 e. The number of rotatable bonds is 6. The Morgan fingerprint density at radius 1 is 1.14 bits per heavy atom. The van der Waals surface area contributed by atoms with Gasteiger partial charge in [-0.2, -0.15) is 5.10 Å². The molecule has 1 aliphatic rings. The maximum Gasteiger partial charge on any atom is 0.0767 e. The minimum atomic E-state index is 0.979. The van der Waals surface area contributed by atoms with Crippen molar-refractivity contribution in [2.45, 2.75) is 19.9 Å². The Bertz CT molecular complexity index is 449. The van der Waals surface area contributed by atoms with E-state index in [0.29, 0.717) is 0 Å². The van der Waals surface area contributed by atoms with Crippen molar-refractivity contribution in [3.8, 4) is 0 Å². The number of likely N-dealkylation sites (N-methyl/N-ethyl adjacent to an activating group) is 1. The summed E-state index contributed by atoms with van der Waals surface area (Å²) in [5.74, 6) is 0. The van der Waals surface area contributed by atoms with E-state index in [1.807, 2.05) is 11.7 Å². The molecule has 0 bridgehead atoms. The molecule has 1 aliphatic heterocycles. The third kappa shape index (κ3) is 4.52. The van der Waals surface area contributed by atoms with E-state index in [1.165, 1.54) is 29.8 Å². The van der Waals surface area contributed by atoms with Gasteiger partial charge in [-0.15, -0.1) is 0 Å². The lowest BCUT2D eigenvalue weighted by atomic mass is 10.2. The van der Waals surface area contributed by atoms with Gasteiger partial charge in [-0.1, -0.05) is 6.92 Å². The van der Waals surface area contributed by atoms with Crippen LogP contribution < -0.4 is 0 Å². The summed E-state index contributed by atoms with van der Waals surface area (Å²) in [6.45, 7) is 10.1. The molecule has 0 radical (unpaired) electrons. The van der Waals surface area contributed by atoms with Crippen LogP contribution in [0.15, 0.2) is 4.47 Å². The summed E-state index contributed by atoms with van der Waals surface area (Å²) in [5.41, 5.74) is 2.46. The number of piperazine rings is 1. The Kier molecular flexibility index (Phi) is 6.22. The van der Waals surface area contributed by atoms with Gasteiger partial charge >= 0.3 is 0 Å². The van der Waals surface area contributed by atoms with Crippen molar-refractivity contribution in [1.29, 1.82) is 0 Å². The first-order valence-corrected chi connectivity index (χ1v) is 8.60. The quantitative estimate of drug-likeness (QED) is 0.769. The lowest BCUT2D eigenvalue weighted by molar-refractivity contribution is 0.118. The molecule has 0 atom stereocenters. The van der Waals surface area contributed by atoms with Gasteiger partial charge in [0.05, 0.1) is 15.9 Å². The van der Waals surface area contributed by atoms with Crippen molar-refractivity contribution in [3.05, 3.63) is 15.9 Å². The van der Waals surface area contributed by atoms with E-state index >= 15 is 0 Å². The minimum absolute atomic E-state index is 0.979. The van der Waals surface area contributed by atoms with Crippen LogP contribution in [0.5, 0.6) is 0 Å². The molecule has 1 fully saturated rings. The Labute approximate surface area is 137 Å². The summed E-state index contributed by atoms with van der Waals surface area (Å²) in [6.07, 6.45) is 0.979. The van der Waals surface area contributed by atoms with Crippen LogP contribution in [0.3, 0.4) is 0 Å². The van der Waals surface area contributed by atoms with E-state index in [0.717, 1.165) is 38.3 Å². The molecule has 5 nitrogen and oxygen atoms in total. The maximum absolute atomic E-state index is 4.59. The summed E-state index contributed by atoms with van der Waals surface area (Å²) in [6, 6.07) is 0. The van der Waals surface area contributed by atoms with Crippen molar-refractivity contribution in [3.63, 3.8) is 0 Å². The van der Waals surface area contributed by atoms with Crippen molar-refractivity contribution < 1.29 is 0 Å². The van der Waals surface area contributed by atoms with Crippen molar-refractivity contribution in [2.75, 3.05) is 53.4 Å². The third-order valence-electron chi connectivity index (χ3n) is 4.20. The number of nitrogens with zero attached hydrogens (tertiary/aromatic N) is 5. The first-order valence-electron chi connectivity index (χ1n) is 7.81. The second kappa shape index (κ2) is 7.72. The average Bonchev–Trinajstić information content (AvgIpc) is 2.74. The maximum atomic E-state index is 4.59. The lowest BCUT2D eigenvalue weighted by Gasteiger charge is -2.35. The molecule has 1 aromatic rings. The summed E-state index contributed by atoms with van der Waals surface area (Å²) < 4.78 is 3.23. The summed E-state index contributed by atoms with van der Waals surface area (Å²) in [4.78, 5) is 7.35. The molecular weight excluding hydrogens is 330 g/mol. The second-order valence-corrected chi connectivity index (χ2v) is 6.90. The highest BCUT2D eigenvalue weighted by molar-refractivity contribution is 9.10. The van der Waals surface area contributed by atoms with Gasteiger partial charge in [0, 0.05) is 52.9 Å². The molecule has 0 spiro atoms. The average molecular weight is 358 g/mol. The van der Waals surface area contributed by atoms with Gasteiger partial charge < -0.3 is 4.90 Å². The molecule has 1 aromatic heterocycles. The highest BCUT2D eigenvalue weighted by Gasteiger charge is 2.20. The SMILES string of the molecule is CCc1nn(C)c(CN2CCN(CCN(C)C)CC2)c1Br. The van der Waals surface area contributed by atoms with Gasteiger partial charge in [0.2, 0.25) is 0 Å².